The fraction of sp³-hybridized carbons (Fsp3) is 1.00. The van der Waals surface area contributed by atoms with E-state index in [4.69, 9.17) is 9.47 Å². The van der Waals surface area contributed by atoms with Gasteiger partial charge in [0.15, 0.2) is 0 Å². The highest BCUT2D eigenvalue weighted by molar-refractivity contribution is 4.75. The number of rotatable bonds is 4. The van der Waals surface area contributed by atoms with E-state index in [0.29, 0.717) is 6.04 Å². The van der Waals surface area contributed by atoms with E-state index in [2.05, 4.69) is 10.6 Å². The van der Waals surface area contributed by atoms with Crippen molar-refractivity contribution in [3.05, 3.63) is 0 Å². The first kappa shape index (κ1) is 11.3. The van der Waals surface area contributed by atoms with Crippen LogP contribution in [-0.2, 0) is 9.47 Å². The molecule has 2 rings (SSSR count). The summed E-state index contributed by atoms with van der Waals surface area (Å²) in [5, 5.41) is 6.98. The maximum absolute atomic E-state index is 5.56. The van der Waals surface area contributed by atoms with Crippen LogP contribution in [0.1, 0.15) is 19.3 Å². The summed E-state index contributed by atoms with van der Waals surface area (Å²) in [7, 11) is 0. The Kier molecular flexibility index (Phi) is 4.86. The molecule has 2 saturated heterocycles. The third kappa shape index (κ3) is 4.07. The molecule has 0 aromatic rings. The number of hydrogen-bond acceptors (Lipinski definition) is 4. The van der Waals surface area contributed by atoms with Crippen LogP contribution in [0, 0.1) is 0 Å². The molecular weight excluding hydrogens is 192 g/mol. The predicted octanol–water partition coefficient (Wildman–Crippen LogP) is 0.134. The molecule has 15 heavy (non-hydrogen) atoms. The summed E-state index contributed by atoms with van der Waals surface area (Å²) in [6.07, 6.45) is 4.25. The fourth-order valence-electron chi connectivity index (χ4n) is 2.17. The summed E-state index contributed by atoms with van der Waals surface area (Å²) >= 11 is 0. The van der Waals surface area contributed by atoms with Crippen LogP contribution in [0.5, 0.6) is 0 Å². The zero-order valence-corrected chi connectivity index (χ0v) is 9.34. The van der Waals surface area contributed by atoms with Gasteiger partial charge in [-0.2, -0.15) is 0 Å². The SMILES string of the molecule is C1CCC(CNCC2COCCO2)NC1. The predicted molar refractivity (Wildman–Crippen MR) is 59.1 cm³/mol. The van der Waals surface area contributed by atoms with E-state index >= 15 is 0 Å². The molecule has 0 amide bonds. The molecule has 0 bridgehead atoms. The van der Waals surface area contributed by atoms with Gasteiger partial charge in [-0.3, -0.25) is 0 Å². The molecule has 0 aromatic carbocycles. The van der Waals surface area contributed by atoms with Crippen LogP contribution in [0.3, 0.4) is 0 Å². The van der Waals surface area contributed by atoms with E-state index in [9.17, 15) is 0 Å². The molecule has 2 atom stereocenters. The second kappa shape index (κ2) is 6.43. The average molecular weight is 214 g/mol. The molecule has 2 N–H and O–H groups in total. The zero-order chi connectivity index (χ0) is 10.3. The Labute approximate surface area is 91.7 Å². The van der Waals surface area contributed by atoms with Gasteiger partial charge < -0.3 is 20.1 Å². The molecule has 2 aliphatic rings. The first-order valence-corrected chi connectivity index (χ1v) is 6.08. The van der Waals surface area contributed by atoms with E-state index in [-0.39, 0.29) is 6.10 Å². The molecule has 2 unspecified atom stereocenters. The monoisotopic (exact) mass is 214 g/mol. The van der Waals surface area contributed by atoms with Crippen molar-refractivity contribution in [1.82, 2.24) is 10.6 Å². The molecule has 2 aliphatic heterocycles. The van der Waals surface area contributed by atoms with Crippen LogP contribution in [0.15, 0.2) is 0 Å². The lowest BCUT2D eigenvalue weighted by Gasteiger charge is -2.26. The lowest BCUT2D eigenvalue weighted by atomic mass is 10.1. The molecule has 2 fully saturated rings. The fourth-order valence-corrected chi connectivity index (χ4v) is 2.17. The van der Waals surface area contributed by atoms with Crippen molar-refractivity contribution in [1.29, 1.82) is 0 Å². The van der Waals surface area contributed by atoms with Gasteiger partial charge in [0.1, 0.15) is 0 Å². The normalized spacial score (nSPS) is 32.8. The number of hydrogen-bond donors (Lipinski definition) is 2. The molecule has 4 heteroatoms. The molecule has 88 valence electrons. The summed E-state index contributed by atoms with van der Waals surface area (Å²) in [4.78, 5) is 0. The maximum Gasteiger partial charge on any atom is 0.0933 e. The lowest BCUT2D eigenvalue weighted by Crippen LogP contribution is -2.45. The first-order valence-electron chi connectivity index (χ1n) is 6.08. The van der Waals surface area contributed by atoms with E-state index < -0.39 is 0 Å². The minimum Gasteiger partial charge on any atom is -0.376 e. The van der Waals surface area contributed by atoms with Crippen molar-refractivity contribution in [3.63, 3.8) is 0 Å². The Hall–Kier alpha value is -0.160. The molecule has 0 radical (unpaired) electrons. The quantitative estimate of drug-likeness (QED) is 0.698. The van der Waals surface area contributed by atoms with Gasteiger partial charge in [0.2, 0.25) is 0 Å². The largest absolute Gasteiger partial charge is 0.376 e. The molecule has 0 saturated carbocycles. The second-order valence-corrected chi connectivity index (χ2v) is 4.37. The van der Waals surface area contributed by atoms with Gasteiger partial charge in [-0.25, -0.2) is 0 Å². The van der Waals surface area contributed by atoms with E-state index in [1.807, 2.05) is 0 Å². The van der Waals surface area contributed by atoms with Crippen molar-refractivity contribution in [2.24, 2.45) is 0 Å². The minimum absolute atomic E-state index is 0.252. The molecule has 4 nitrogen and oxygen atoms in total. The summed E-state index contributed by atoms with van der Waals surface area (Å²) in [6.45, 7) is 5.38. The van der Waals surface area contributed by atoms with Gasteiger partial charge in [0.05, 0.1) is 25.9 Å². The Bertz CT molecular complexity index is 148. The topological polar surface area (TPSA) is 42.5 Å². The standard InChI is InChI=1S/C11H22N2O2/c1-2-4-13-10(3-1)7-12-8-11-9-14-5-6-15-11/h10-13H,1-9H2. The highest BCUT2D eigenvalue weighted by Crippen LogP contribution is 2.06. The van der Waals surface area contributed by atoms with Crippen LogP contribution in [0.4, 0.5) is 0 Å². The van der Waals surface area contributed by atoms with Crippen LogP contribution in [0.25, 0.3) is 0 Å². The third-order valence-electron chi connectivity index (χ3n) is 3.06. The zero-order valence-electron chi connectivity index (χ0n) is 9.34. The van der Waals surface area contributed by atoms with Crippen molar-refractivity contribution in [2.45, 2.75) is 31.4 Å². The van der Waals surface area contributed by atoms with E-state index in [1.54, 1.807) is 0 Å². The number of nitrogens with one attached hydrogen (secondary N) is 2. The smallest absolute Gasteiger partial charge is 0.0933 e. The van der Waals surface area contributed by atoms with Crippen LogP contribution in [-0.4, -0.2) is 51.6 Å². The Morgan fingerprint density at radius 1 is 1.20 bits per heavy atom. The Balaban J connectivity index is 1.53. The Morgan fingerprint density at radius 3 is 2.93 bits per heavy atom. The van der Waals surface area contributed by atoms with Crippen molar-refractivity contribution in [2.75, 3.05) is 39.5 Å². The molecule has 0 spiro atoms. The van der Waals surface area contributed by atoms with E-state index in [1.165, 1.54) is 25.8 Å². The second-order valence-electron chi connectivity index (χ2n) is 4.37. The van der Waals surface area contributed by atoms with Gasteiger partial charge in [-0.1, -0.05) is 6.42 Å². The highest BCUT2D eigenvalue weighted by Gasteiger charge is 2.15. The summed E-state index contributed by atoms with van der Waals surface area (Å²) < 4.78 is 10.9. The number of ether oxygens (including phenoxy) is 2. The van der Waals surface area contributed by atoms with Crippen LogP contribution >= 0.6 is 0 Å². The van der Waals surface area contributed by atoms with Gasteiger partial charge in [-0.05, 0) is 19.4 Å². The molecule has 2 heterocycles. The molecule has 0 aliphatic carbocycles. The number of piperidine rings is 1. The van der Waals surface area contributed by atoms with Gasteiger partial charge in [0.25, 0.3) is 0 Å². The van der Waals surface area contributed by atoms with Crippen molar-refractivity contribution in [3.8, 4) is 0 Å². The van der Waals surface area contributed by atoms with Gasteiger partial charge in [-0.15, -0.1) is 0 Å². The van der Waals surface area contributed by atoms with Crippen molar-refractivity contribution >= 4 is 0 Å². The maximum atomic E-state index is 5.56. The van der Waals surface area contributed by atoms with Crippen LogP contribution in [0.2, 0.25) is 0 Å². The average Bonchev–Trinajstić information content (AvgIpc) is 2.32. The highest BCUT2D eigenvalue weighted by atomic mass is 16.6. The summed E-state index contributed by atoms with van der Waals surface area (Å²) in [5.41, 5.74) is 0. The lowest BCUT2D eigenvalue weighted by molar-refractivity contribution is -0.0864. The summed E-state index contributed by atoms with van der Waals surface area (Å²) in [6, 6.07) is 0.656. The van der Waals surface area contributed by atoms with Crippen molar-refractivity contribution < 1.29 is 9.47 Å². The molecule has 0 aromatic heterocycles. The van der Waals surface area contributed by atoms with Gasteiger partial charge >= 0.3 is 0 Å². The van der Waals surface area contributed by atoms with Crippen LogP contribution < -0.4 is 10.6 Å². The Morgan fingerprint density at radius 2 is 2.20 bits per heavy atom. The minimum atomic E-state index is 0.252. The van der Waals surface area contributed by atoms with Gasteiger partial charge in [0, 0.05) is 19.1 Å². The summed E-state index contributed by atoms with van der Waals surface area (Å²) in [5.74, 6) is 0. The third-order valence-corrected chi connectivity index (χ3v) is 3.06. The molecular formula is C11H22N2O2. The van der Waals surface area contributed by atoms with E-state index in [0.717, 1.165) is 32.9 Å². The first-order chi connectivity index (χ1) is 7.45.